The summed E-state index contributed by atoms with van der Waals surface area (Å²) in [7, 11) is -3.85. The van der Waals surface area contributed by atoms with Gasteiger partial charge in [0, 0.05) is 24.5 Å². The van der Waals surface area contributed by atoms with E-state index < -0.39 is 10.0 Å². The van der Waals surface area contributed by atoms with Crippen LogP contribution < -0.4 is 14.8 Å². The Labute approximate surface area is 197 Å². The molecular formula is C25H22N4O4S. The molecule has 34 heavy (non-hydrogen) atoms. The molecular weight excluding hydrogens is 452 g/mol. The highest BCUT2D eigenvalue weighted by Gasteiger charge is 2.16. The molecule has 4 aromatic rings. The lowest BCUT2D eigenvalue weighted by Gasteiger charge is -2.12. The van der Waals surface area contributed by atoms with Crippen LogP contribution in [0.4, 0.5) is 11.6 Å². The third-order valence-electron chi connectivity index (χ3n) is 4.81. The normalized spacial score (nSPS) is 10.9. The van der Waals surface area contributed by atoms with Gasteiger partial charge in [-0.1, -0.05) is 48.5 Å². The number of nitrogens with one attached hydrogen (secondary N) is 2. The van der Waals surface area contributed by atoms with Crippen LogP contribution in [0, 0.1) is 0 Å². The molecule has 0 unspecified atom stereocenters. The Bertz CT molecular complexity index is 1350. The second kappa shape index (κ2) is 10.6. The molecule has 0 radical (unpaired) electrons. The molecule has 0 aliphatic heterocycles. The molecule has 1 amide bonds. The highest BCUT2D eigenvalue weighted by atomic mass is 32.2. The number of benzene rings is 3. The van der Waals surface area contributed by atoms with E-state index >= 15 is 0 Å². The van der Waals surface area contributed by atoms with Crippen molar-refractivity contribution in [1.29, 1.82) is 0 Å². The molecule has 0 fully saturated rings. The van der Waals surface area contributed by atoms with E-state index in [0.29, 0.717) is 17.9 Å². The summed E-state index contributed by atoms with van der Waals surface area (Å²) in [5.41, 5.74) is 2.57. The van der Waals surface area contributed by atoms with Crippen molar-refractivity contribution in [2.75, 3.05) is 16.6 Å². The summed E-state index contributed by atoms with van der Waals surface area (Å²) in [6.07, 6.45) is 3.56. The SMILES string of the molecule is O=C(COc1ccccc1Cc1ccccc1)Nc1ccc(S(=O)(=O)Nc2ncccn2)cc1. The van der Waals surface area contributed by atoms with E-state index in [1.165, 1.54) is 36.7 Å². The van der Waals surface area contributed by atoms with Gasteiger partial charge in [-0.05, 0) is 47.5 Å². The summed E-state index contributed by atoms with van der Waals surface area (Å²) in [6.45, 7) is -0.182. The fourth-order valence-electron chi connectivity index (χ4n) is 3.20. The van der Waals surface area contributed by atoms with Crippen LogP contribution in [0.25, 0.3) is 0 Å². The zero-order valence-electron chi connectivity index (χ0n) is 18.1. The van der Waals surface area contributed by atoms with Crippen molar-refractivity contribution in [1.82, 2.24) is 9.97 Å². The largest absolute Gasteiger partial charge is 0.483 e. The lowest BCUT2D eigenvalue weighted by Crippen LogP contribution is -2.20. The Morgan fingerprint density at radius 2 is 1.50 bits per heavy atom. The number of hydrogen-bond donors (Lipinski definition) is 2. The Kier molecular flexibility index (Phi) is 7.14. The second-order valence-electron chi connectivity index (χ2n) is 7.31. The minimum Gasteiger partial charge on any atom is -0.483 e. The lowest BCUT2D eigenvalue weighted by atomic mass is 10.0. The van der Waals surface area contributed by atoms with Crippen LogP contribution >= 0.6 is 0 Å². The van der Waals surface area contributed by atoms with Crippen molar-refractivity contribution >= 4 is 27.6 Å². The van der Waals surface area contributed by atoms with Crippen molar-refractivity contribution in [3.05, 3.63) is 108 Å². The van der Waals surface area contributed by atoms with Gasteiger partial charge in [0.1, 0.15) is 5.75 Å². The number of para-hydroxylation sites is 1. The second-order valence-corrected chi connectivity index (χ2v) is 8.99. The van der Waals surface area contributed by atoms with Crippen LogP contribution in [-0.2, 0) is 21.2 Å². The molecule has 0 aliphatic rings. The predicted molar refractivity (Wildman–Crippen MR) is 129 cm³/mol. The van der Waals surface area contributed by atoms with E-state index in [0.717, 1.165) is 11.1 Å². The fraction of sp³-hybridized carbons (Fsp3) is 0.0800. The number of ether oxygens (including phenoxy) is 1. The third-order valence-corrected chi connectivity index (χ3v) is 6.15. The Balaban J connectivity index is 1.34. The summed E-state index contributed by atoms with van der Waals surface area (Å²) in [6, 6.07) is 24.9. The van der Waals surface area contributed by atoms with E-state index in [-0.39, 0.29) is 23.4 Å². The van der Waals surface area contributed by atoms with Gasteiger partial charge in [0.25, 0.3) is 15.9 Å². The number of hydrogen-bond acceptors (Lipinski definition) is 6. The Hall–Kier alpha value is -4.24. The first-order chi connectivity index (χ1) is 16.5. The Morgan fingerprint density at radius 1 is 0.824 bits per heavy atom. The molecule has 4 rings (SSSR count). The van der Waals surface area contributed by atoms with Gasteiger partial charge in [-0.15, -0.1) is 0 Å². The lowest BCUT2D eigenvalue weighted by molar-refractivity contribution is -0.118. The average Bonchev–Trinajstić information content (AvgIpc) is 2.85. The van der Waals surface area contributed by atoms with E-state index in [1.807, 2.05) is 54.6 Å². The minimum absolute atomic E-state index is 0.0176. The van der Waals surface area contributed by atoms with Gasteiger partial charge in [-0.25, -0.2) is 23.1 Å². The molecule has 2 N–H and O–H groups in total. The number of carbonyl (C=O) groups excluding carboxylic acids is 1. The van der Waals surface area contributed by atoms with Gasteiger partial charge in [0.15, 0.2) is 6.61 Å². The first-order valence-electron chi connectivity index (χ1n) is 10.4. The molecule has 9 heteroatoms. The molecule has 0 atom stereocenters. The van der Waals surface area contributed by atoms with Crippen LogP contribution in [0.2, 0.25) is 0 Å². The molecule has 0 saturated heterocycles. The number of carbonyl (C=O) groups is 1. The van der Waals surface area contributed by atoms with Crippen molar-refractivity contribution in [2.24, 2.45) is 0 Å². The summed E-state index contributed by atoms with van der Waals surface area (Å²) in [5.74, 6) is 0.252. The van der Waals surface area contributed by atoms with Crippen molar-refractivity contribution < 1.29 is 17.9 Å². The van der Waals surface area contributed by atoms with Crippen molar-refractivity contribution in [3.63, 3.8) is 0 Å². The average molecular weight is 475 g/mol. The summed E-state index contributed by atoms with van der Waals surface area (Å²) < 4.78 is 33.0. The van der Waals surface area contributed by atoms with Crippen LogP contribution in [-0.4, -0.2) is 30.9 Å². The number of aromatic nitrogens is 2. The van der Waals surface area contributed by atoms with E-state index in [1.54, 1.807) is 6.07 Å². The van der Waals surface area contributed by atoms with Gasteiger partial charge in [-0.3, -0.25) is 4.79 Å². The molecule has 3 aromatic carbocycles. The van der Waals surface area contributed by atoms with Gasteiger partial charge in [-0.2, -0.15) is 0 Å². The van der Waals surface area contributed by atoms with Crippen molar-refractivity contribution in [3.8, 4) is 5.75 Å². The monoisotopic (exact) mass is 474 g/mol. The molecule has 172 valence electrons. The number of amides is 1. The zero-order valence-corrected chi connectivity index (χ0v) is 18.9. The summed E-state index contributed by atoms with van der Waals surface area (Å²) in [4.78, 5) is 20.1. The quantitative estimate of drug-likeness (QED) is 0.381. The summed E-state index contributed by atoms with van der Waals surface area (Å²) in [5, 5.41) is 2.71. The topological polar surface area (TPSA) is 110 Å². The molecule has 0 spiro atoms. The summed E-state index contributed by atoms with van der Waals surface area (Å²) >= 11 is 0. The highest BCUT2D eigenvalue weighted by molar-refractivity contribution is 7.92. The number of nitrogens with zero attached hydrogens (tertiary/aromatic N) is 2. The van der Waals surface area contributed by atoms with E-state index in [2.05, 4.69) is 20.0 Å². The van der Waals surface area contributed by atoms with Crippen LogP contribution in [0.1, 0.15) is 11.1 Å². The van der Waals surface area contributed by atoms with Gasteiger partial charge in [0.05, 0.1) is 4.90 Å². The van der Waals surface area contributed by atoms with Crippen LogP contribution in [0.3, 0.4) is 0 Å². The molecule has 1 heterocycles. The smallest absolute Gasteiger partial charge is 0.264 e. The zero-order chi connectivity index (χ0) is 23.8. The van der Waals surface area contributed by atoms with Crippen molar-refractivity contribution in [2.45, 2.75) is 11.3 Å². The first-order valence-corrected chi connectivity index (χ1v) is 11.9. The van der Waals surface area contributed by atoms with Gasteiger partial charge in [0.2, 0.25) is 5.95 Å². The Morgan fingerprint density at radius 3 is 2.24 bits per heavy atom. The first kappa shape index (κ1) is 22.9. The minimum atomic E-state index is -3.85. The maximum Gasteiger partial charge on any atom is 0.264 e. The number of sulfonamides is 1. The molecule has 1 aromatic heterocycles. The highest BCUT2D eigenvalue weighted by Crippen LogP contribution is 2.22. The number of anilines is 2. The van der Waals surface area contributed by atoms with Gasteiger partial charge < -0.3 is 10.1 Å². The van der Waals surface area contributed by atoms with E-state index in [9.17, 15) is 13.2 Å². The maximum atomic E-state index is 12.5. The van der Waals surface area contributed by atoms with Crippen LogP contribution in [0.15, 0.2) is 102 Å². The van der Waals surface area contributed by atoms with Gasteiger partial charge >= 0.3 is 0 Å². The van der Waals surface area contributed by atoms with E-state index in [4.69, 9.17) is 4.74 Å². The standard InChI is InChI=1S/C25H22N4O4S/c30-24(18-33-23-10-5-4-9-20(23)17-19-7-2-1-3-8-19)28-21-11-13-22(14-12-21)34(31,32)29-25-26-15-6-16-27-25/h1-16H,17-18H2,(H,28,30)(H,26,27,29). The van der Waals surface area contributed by atoms with Crippen LogP contribution in [0.5, 0.6) is 5.75 Å². The molecule has 0 saturated carbocycles. The third kappa shape index (κ3) is 6.17. The molecule has 0 bridgehead atoms. The molecule has 0 aliphatic carbocycles. The number of rotatable bonds is 9. The predicted octanol–water partition coefficient (Wildman–Crippen LogP) is 3.89. The fourth-order valence-corrected chi connectivity index (χ4v) is 4.15. The maximum absolute atomic E-state index is 12.5. The molecule has 8 nitrogen and oxygen atoms in total.